The van der Waals surface area contributed by atoms with Crippen LogP contribution < -0.4 is 15.4 Å². The third kappa shape index (κ3) is 4.80. The average molecular weight is 472 g/mol. The molecule has 3 aromatic carbocycles. The third-order valence-electron chi connectivity index (χ3n) is 4.36. The fourth-order valence-corrected chi connectivity index (χ4v) is 3.48. The van der Waals surface area contributed by atoms with Crippen LogP contribution in [0.3, 0.4) is 0 Å². The molecule has 9 heteroatoms. The molecule has 4 aromatic rings. The Morgan fingerprint density at radius 1 is 1.10 bits per heavy atom. The Hall–Kier alpha value is -3.13. The number of amides is 1. The van der Waals surface area contributed by atoms with Crippen LogP contribution in [-0.4, -0.2) is 23.1 Å². The van der Waals surface area contributed by atoms with Gasteiger partial charge >= 0.3 is 0 Å². The number of fused-ring (bicyclic) bond motifs is 1. The fraction of sp³-hybridized carbons (Fsp3) is 0.0455. The molecule has 0 bridgehead atoms. The summed E-state index contributed by atoms with van der Waals surface area (Å²) in [4.78, 5) is 17.0. The molecule has 1 amide bonds. The summed E-state index contributed by atoms with van der Waals surface area (Å²) in [7, 11) is 1.60. The van der Waals surface area contributed by atoms with Crippen molar-refractivity contribution in [1.82, 2.24) is 10.3 Å². The van der Waals surface area contributed by atoms with Crippen molar-refractivity contribution in [2.45, 2.75) is 0 Å². The normalized spacial score (nSPS) is 10.7. The molecule has 0 spiro atoms. The first-order valence-electron chi connectivity index (χ1n) is 9.05. The number of carbonyl (C=O) groups is 1. The first-order chi connectivity index (χ1) is 14.9. The lowest BCUT2D eigenvalue weighted by molar-refractivity contribution is 0.0978. The number of ether oxygens (including phenoxy) is 1. The van der Waals surface area contributed by atoms with Gasteiger partial charge in [-0.15, -0.1) is 0 Å². The number of benzene rings is 3. The number of thiocarbonyl (C=S) groups is 1. The lowest BCUT2D eigenvalue weighted by Gasteiger charge is -2.10. The monoisotopic (exact) mass is 471 g/mol. The van der Waals surface area contributed by atoms with Crippen LogP contribution in [0.5, 0.6) is 5.75 Å². The van der Waals surface area contributed by atoms with E-state index in [0.717, 1.165) is 5.56 Å². The van der Waals surface area contributed by atoms with Gasteiger partial charge in [0, 0.05) is 16.3 Å². The van der Waals surface area contributed by atoms with Gasteiger partial charge in [-0.2, -0.15) is 0 Å². The summed E-state index contributed by atoms with van der Waals surface area (Å²) < 4.78 is 11.1. The Balaban J connectivity index is 1.50. The van der Waals surface area contributed by atoms with Gasteiger partial charge in [0.2, 0.25) is 5.89 Å². The van der Waals surface area contributed by atoms with Gasteiger partial charge in [-0.05, 0) is 66.8 Å². The van der Waals surface area contributed by atoms with E-state index in [2.05, 4.69) is 15.6 Å². The minimum absolute atomic E-state index is 0.108. The van der Waals surface area contributed by atoms with Gasteiger partial charge in [0.15, 0.2) is 10.7 Å². The van der Waals surface area contributed by atoms with Crippen LogP contribution in [0.1, 0.15) is 10.4 Å². The van der Waals surface area contributed by atoms with Crippen molar-refractivity contribution in [3.63, 3.8) is 0 Å². The molecule has 6 nitrogen and oxygen atoms in total. The molecule has 0 atom stereocenters. The van der Waals surface area contributed by atoms with Crippen LogP contribution in [0.4, 0.5) is 5.69 Å². The third-order valence-corrected chi connectivity index (χ3v) is 5.13. The van der Waals surface area contributed by atoms with Crippen molar-refractivity contribution in [3.8, 4) is 17.2 Å². The predicted octanol–water partition coefficient (Wildman–Crippen LogP) is 5.94. The first kappa shape index (κ1) is 21.1. The van der Waals surface area contributed by atoms with Crippen molar-refractivity contribution in [2.24, 2.45) is 0 Å². The molecule has 156 valence electrons. The number of hydrogen-bond acceptors (Lipinski definition) is 5. The number of carbonyl (C=O) groups excluding carboxylic acids is 1. The van der Waals surface area contributed by atoms with E-state index in [1.54, 1.807) is 37.4 Å². The predicted molar refractivity (Wildman–Crippen MR) is 126 cm³/mol. The molecule has 0 saturated carbocycles. The second-order valence-electron chi connectivity index (χ2n) is 6.47. The molecule has 1 aromatic heterocycles. The highest BCUT2D eigenvalue weighted by atomic mass is 35.5. The smallest absolute Gasteiger partial charge is 0.258 e. The van der Waals surface area contributed by atoms with Crippen molar-refractivity contribution in [2.75, 3.05) is 12.4 Å². The molecule has 0 aliphatic carbocycles. The molecule has 31 heavy (non-hydrogen) atoms. The molecule has 0 fully saturated rings. The molecule has 0 saturated heterocycles. The molecule has 0 aliphatic rings. The highest BCUT2D eigenvalue weighted by Gasteiger charge is 2.14. The van der Waals surface area contributed by atoms with E-state index in [9.17, 15) is 4.79 Å². The molecule has 2 N–H and O–H groups in total. The first-order valence-corrected chi connectivity index (χ1v) is 10.2. The van der Waals surface area contributed by atoms with Gasteiger partial charge in [-0.1, -0.05) is 29.3 Å². The van der Waals surface area contributed by atoms with Crippen LogP contribution in [0.15, 0.2) is 65.1 Å². The molecule has 4 rings (SSSR count). The summed E-state index contributed by atoms with van der Waals surface area (Å²) in [6.07, 6.45) is 0. The van der Waals surface area contributed by atoms with E-state index >= 15 is 0 Å². The largest absolute Gasteiger partial charge is 0.497 e. The maximum absolute atomic E-state index is 12.4. The van der Waals surface area contributed by atoms with E-state index in [0.29, 0.717) is 33.4 Å². The summed E-state index contributed by atoms with van der Waals surface area (Å²) >= 11 is 17.2. The Morgan fingerprint density at radius 3 is 2.74 bits per heavy atom. The van der Waals surface area contributed by atoms with Crippen molar-refractivity contribution >= 4 is 63.2 Å². The molecule has 0 unspecified atom stereocenters. The minimum Gasteiger partial charge on any atom is -0.497 e. The quantitative estimate of drug-likeness (QED) is 0.358. The number of hydrogen-bond donors (Lipinski definition) is 2. The van der Waals surface area contributed by atoms with Gasteiger partial charge in [0.25, 0.3) is 5.91 Å². The van der Waals surface area contributed by atoms with Crippen LogP contribution in [-0.2, 0) is 0 Å². The summed E-state index contributed by atoms with van der Waals surface area (Å²) in [5.74, 6) is 0.716. The second kappa shape index (κ2) is 8.93. The van der Waals surface area contributed by atoms with Gasteiger partial charge in [0.05, 0.1) is 17.7 Å². The zero-order valence-corrected chi connectivity index (χ0v) is 18.4. The van der Waals surface area contributed by atoms with E-state index in [-0.39, 0.29) is 15.7 Å². The number of halogens is 2. The Morgan fingerprint density at radius 2 is 1.94 bits per heavy atom. The molecule has 0 radical (unpaired) electrons. The fourth-order valence-electron chi connectivity index (χ4n) is 2.89. The second-order valence-corrected chi connectivity index (χ2v) is 7.72. The van der Waals surface area contributed by atoms with Crippen LogP contribution >= 0.6 is 35.4 Å². The van der Waals surface area contributed by atoms with E-state index in [4.69, 9.17) is 44.6 Å². The number of methoxy groups -OCH3 is 1. The lowest BCUT2D eigenvalue weighted by atomic mass is 10.2. The topological polar surface area (TPSA) is 76.4 Å². The lowest BCUT2D eigenvalue weighted by Crippen LogP contribution is -2.34. The SMILES string of the molecule is COc1cccc(-c2nc3cc(NC(=S)NC(=O)c4cc(Cl)ccc4Cl)ccc3o2)c1. The number of oxazole rings is 1. The van der Waals surface area contributed by atoms with Crippen molar-refractivity contribution in [3.05, 3.63) is 76.3 Å². The molecular formula is C22H15Cl2N3O3S. The van der Waals surface area contributed by atoms with Crippen LogP contribution in [0.25, 0.3) is 22.6 Å². The van der Waals surface area contributed by atoms with E-state index < -0.39 is 5.91 Å². The maximum Gasteiger partial charge on any atom is 0.258 e. The van der Waals surface area contributed by atoms with E-state index in [1.807, 2.05) is 24.3 Å². The minimum atomic E-state index is -0.465. The highest BCUT2D eigenvalue weighted by molar-refractivity contribution is 7.80. The zero-order valence-electron chi connectivity index (χ0n) is 16.1. The van der Waals surface area contributed by atoms with Crippen molar-refractivity contribution < 1.29 is 13.9 Å². The number of anilines is 1. The standard InChI is InChI=1S/C22H15Cl2N3O3S/c1-29-15-4-2-3-12(9-15)21-26-18-11-14(6-8-19(18)30-21)25-22(31)27-20(28)16-10-13(23)5-7-17(16)24/h2-11H,1H3,(H2,25,27,28,31). The molecular weight excluding hydrogens is 457 g/mol. The maximum atomic E-state index is 12.4. The Kier molecular flexibility index (Phi) is 6.08. The number of nitrogens with one attached hydrogen (secondary N) is 2. The summed E-state index contributed by atoms with van der Waals surface area (Å²) in [5, 5.41) is 6.33. The van der Waals surface area contributed by atoms with Gasteiger partial charge in [-0.25, -0.2) is 4.98 Å². The number of nitrogens with zero attached hydrogens (tertiary/aromatic N) is 1. The Labute approximate surface area is 193 Å². The van der Waals surface area contributed by atoms with Crippen LogP contribution in [0, 0.1) is 0 Å². The summed E-state index contributed by atoms with van der Waals surface area (Å²) in [6.45, 7) is 0. The van der Waals surface area contributed by atoms with Gasteiger partial charge in [0.1, 0.15) is 11.3 Å². The summed E-state index contributed by atoms with van der Waals surface area (Å²) in [5.41, 5.74) is 2.92. The summed E-state index contributed by atoms with van der Waals surface area (Å²) in [6, 6.07) is 17.4. The highest BCUT2D eigenvalue weighted by Crippen LogP contribution is 2.28. The van der Waals surface area contributed by atoms with Gasteiger partial charge in [-0.3, -0.25) is 10.1 Å². The molecule has 1 heterocycles. The van der Waals surface area contributed by atoms with Crippen LogP contribution in [0.2, 0.25) is 10.0 Å². The van der Waals surface area contributed by atoms with Crippen molar-refractivity contribution in [1.29, 1.82) is 0 Å². The molecule has 0 aliphatic heterocycles. The number of rotatable bonds is 4. The number of aromatic nitrogens is 1. The average Bonchev–Trinajstić information content (AvgIpc) is 3.18. The van der Waals surface area contributed by atoms with E-state index in [1.165, 1.54) is 6.07 Å². The van der Waals surface area contributed by atoms with Gasteiger partial charge < -0.3 is 14.5 Å². The Bertz CT molecular complexity index is 1310. The zero-order chi connectivity index (χ0) is 22.0.